The van der Waals surface area contributed by atoms with E-state index in [2.05, 4.69) is 11.9 Å². The largest absolute Gasteiger partial charge is 0.335 e. The highest BCUT2D eigenvalue weighted by Crippen LogP contribution is 2.18. The van der Waals surface area contributed by atoms with E-state index in [-0.39, 0.29) is 24.9 Å². The van der Waals surface area contributed by atoms with Crippen LogP contribution in [0.3, 0.4) is 0 Å². The molecule has 0 aromatic rings. The third kappa shape index (κ3) is 3.30. The van der Waals surface area contributed by atoms with E-state index in [1.807, 2.05) is 0 Å². The Morgan fingerprint density at radius 1 is 1.35 bits per heavy atom. The molecule has 0 spiro atoms. The smallest absolute Gasteiger partial charge is 0.242 e. The number of hydrogen-bond donors (Lipinski definition) is 1. The molecule has 0 aromatic carbocycles. The molecule has 1 saturated heterocycles. The molecule has 1 N–H and O–H groups in total. The standard InChI is InChI=1S/C12H19N3O2/c1-9(5-13-10-3-4-10)6-15-8-11(16)14(2)7-12(15)17/h10,13H,1,3-8H2,2H3. The Bertz CT molecular complexity index is 350. The van der Waals surface area contributed by atoms with Crippen molar-refractivity contribution in [3.8, 4) is 0 Å². The summed E-state index contributed by atoms with van der Waals surface area (Å²) in [6, 6.07) is 0.636. The number of carbonyl (C=O) groups is 2. The molecule has 2 amide bonds. The Kier molecular flexibility index (Phi) is 3.47. The second kappa shape index (κ2) is 4.87. The van der Waals surface area contributed by atoms with E-state index in [1.54, 1.807) is 11.9 Å². The van der Waals surface area contributed by atoms with Gasteiger partial charge in [-0.25, -0.2) is 0 Å². The van der Waals surface area contributed by atoms with E-state index in [4.69, 9.17) is 0 Å². The number of carbonyl (C=O) groups excluding carboxylic acids is 2. The molecule has 2 fully saturated rings. The van der Waals surface area contributed by atoms with Gasteiger partial charge in [0.2, 0.25) is 11.8 Å². The van der Waals surface area contributed by atoms with Gasteiger partial charge >= 0.3 is 0 Å². The summed E-state index contributed by atoms with van der Waals surface area (Å²) in [5.41, 5.74) is 0.961. The van der Waals surface area contributed by atoms with Crippen molar-refractivity contribution >= 4 is 11.8 Å². The summed E-state index contributed by atoms with van der Waals surface area (Å²) in [7, 11) is 1.65. The van der Waals surface area contributed by atoms with Crippen LogP contribution in [-0.2, 0) is 9.59 Å². The molecule has 5 nitrogen and oxygen atoms in total. The number of hydrogen-bond acceptors (Lipinski definition) is 3. The minimum absolute atomic E-state index is 0.000304. The zero-order valence-electron chi connectivity index (χ0n) is 10.2. The Labute approximate surface area is 101 Å². The zero-order valence-corrected chi connectivity index (χ0v) is 10.2. The van der Waals surface area contributed by atoms with Gasteiger partial charge < -0.3 is 15.1 Å². The second-order valence-electron chi connectivity index (χ2n) is 4.90. The van der Waals surface area contributed by atoms with Crippen molar-refractivity contribution in [1.29, 1.82) is 0 Å². The number of likely N-dealkylation sites (N-methyl/N-ethyl adjacent to an activating group) is 1. The maximum Gasteiger partial charge on any atom is 0.242 e. The summed E-state index contributed by atoms with van der Waals surface area (Å²) < 4.78 is 0. The predicted molar refractivity (Wildman–Crippen MR) is 64.4 cm³/mol. The molecule has 2 rings (SSSR count). The van der Waals surface area contributed by atoms with Gasteiger partial charge in [-0.05, 0) is 18.4 Å². The number of nitrogens with one attached hydrogen (secondary N) is 1. The lowest BCUT2D eigenvalue weighted by Gasteiger charge is -2.32. The van der Waals surface area contributed by atoms with Crippen LogP contribution >= 0.6 is 0 Å². The van der Waals surface area contributed by atoms with Crippen LogP contribution in [0.15, 0.2) is 12.2 Å². The Morgan fingerprint density at radius 2 is 2.06 bits per heavy atom. The predicted octanol–water partition coefficient (Wildman–Crippen LogP) is -0.405. The van der Waals surface area contributed by atoms with Crippen LogP contribution in [0.4, 0.5) is 0 Å². The third-order valence-corrected chi connectivity index (χ3v) is 3.11. The average molecular weight is 237 g/mol. The summed E-state index contributed by atoms with van der Waals surface area (Å²) in [4.78, 5) is 26.2. The van der Waals surface area contributed by atoms with Gasteiger partial charge in [0.05, 0.1) is 6.54 Å². The lowest BCUT2D eigenvalue weighted by Crippen LogP contribution is -2.52. The molecule has 2 aliphatic rings. The number of amides is 2. The van der Waals surface area contributed by atoms with Crippen LogP contribution in [0.5, 0.6) is 0 Å². The molecular formula is C12H19N3O2. The minimum atomic E-state index is -0.00690. The molecule has 1 aliphatic heterocycles. The fraction of sp³-hybridized carbons (Fsp3) is 0.667. The summed E-state index contributed by atoms with van der Waals surface area (Å²) in [6.45, 7) is 5.53. The van der Waals surface area contributed by atoms with Crippen LogP contribution < -0.4 is 5.32 Å². The van der Waals surface area contributed by atoms with Gasteiger partial charge in [-0.15, -0.1) is 0 Å². The van der Waals surface area contributed by atoms with Gasteiger partial charge in [0.15, 0.2) is 0 Å². The highest BCUT2D eigenvalue weighted by molar-refractivity contribution is 5.92. The first-order chi connectivity index (χ1) is 8.06. The van der Waals surface area contributed by atoms with E-state index in [9.17, 15) is 9.59 Å². The molecule has 17 heavy (non-hydrogen) atoms. The molecule has 0 atom stereocenters. The van der Waals surface area contributed by atoms with Crippen molar-refractivity contribution in [2.75, 3.05) is 33.2 Å². The Morgan fingerprint density at radius 3 is 2.71 bits per heavy atom. The molecule has 1 saturated carbocycles. The molecule has 0 unspecified atom stereocenters. The van der Waals surface area contributed by atoms with Crippen molar-refractivity contribution in [2.24, 2.45) is 0 Å². The first-order valence-electron chi connectivity index (χ1n) is 5.98. The summed E-state index contributed by atoms with van der Waals surface area (Å²) in [5, 5.41) is 3.35. The normalized spacial score (nSPS) is 21.0. The minimum Gasteiger partial charge on any atom is -0.335 e. The molecule has 94 valence electrons. The van der Waals surface area contributed by atoms with E-state index in [1.165, 1.54) is 17.7 Å². The van der Waals surface area contributed by atoms with Crippen molar-refractivity contribution < 1.29 is 9.59 Å². The maximum absolute atomic E-state index is 11.7. The monoisotopic (exact) mass is 237 g/mol. The van der Waals surface area contributed by atoms with Crippen molar-refractivity contribution in [1.82, 2.24) is 15.1 Å². The van der Waals surface area contributed by atoms with E-state index < -0.39 is 0 Å². The third-order valence-electron chi connectivity index (χ3n) is 3.11. The van der Waals surface area contributed by atoms with Gasteiger partial charge in [0, 0.05) is 26.2 Å². The summed E-state index contributed by atoms with van der Waals surface area (Å²) in [5.74, 6) is -0.00720. The fourth-order valence-electron chi connectivity index (χ4n) is 1.81. The quantitative estimate of drug-likeness (QED) is 0.662. The van der Waals surface area contributed by atoms with E-state index >= 15 is 0 Å². The lowest BCUT2D eigenvalue weighted by atomic mass is 10.2. The second-order valence-corrected chi connectivity index (χ2v) is 4.90. The van der Waals surface area contributed by atoms with Gasteiger partial charge in [-0.2, -0.15) is 0 Å². The van der Waals surface area contributed by atoms with Gasteiger partial charge in [0.1, 0.15) is 6.54 Å². The van der Waals surface area contributed by atoms with Crippen LogP contribution in [0, 0.1) is 0 Å². The number of rotatable bonds is 5. The Hall–Kier alpha value is -1.36. The molecule has 5 heteroatoms. The number of nitrogens with zero attached hydrogens (tertiary/aromatic N) is 2. The van der Waals surface area contributed by atoms with Crippen molar-refractivity contribution in [3.05, 3.63) is 12.2 Å². The van der Waals surface area contributed by atoms with Gasteiger partial charge in [-0.3, -0.25) is 9.59 Å². The fourth-order valence-corrected chi connectivity index (χ4v) is 1.81. The summed E-state index contributed by atoms with van der Waals surface area (Å²) in [6.07, 6.45) is 2.47. The van der Waals surface area contributed by atoms with Crippen LogP contribution in [-0.4, -0.2) is 60.9 Å². The van der Waals surface area contributed by atoms with E-state index in [0.29, 0.717) is 12.6 Å². The average Bonchev–Trinajstić information content (AvgIpc) is 3.07. The molecule has 0 bridgehead atoms. The van der Waals surface area contributed by atoms with E-state index in [0.717, 1.165) is 12.1 Å². The lowest BCUT2D eigenvalue weighted by molar-refractivity contribution is -0.148. The molecule has 1 heterocycles. The van der Waals surface area contributed by atoms with Crippen molar-refractivity contribution in [2.45, 2.75) is 18.9 Å². The highest BCUT2D eigenvalue weighted by Gasteiger charge is 2.27. The van der Waals surface area contributed by atoms with Crippen LogP contribution in [0.25, 0.3) is 0 Å². The highest BCUT2D eigenvalue weighted by atomic mass is 16.2. The van der Waals surface area contributed by atoms with Gasteiger partial charge in [-0.1, -0.05) is 6.58 Å². The maximum atomic E-state index is 11.7. The van der Waals surface area contributed by atoms with Crippen LogP contribution in [0.2, 0.25) is 0 Å². The molecule has 1 aliphatic carbocycles. The summed E-state index contributed by atoms with van der Waals surface area (Å²) >= 11 is 0. The number of piperazine rings is 1. The first-order valence-corrected chi connectivity index (χ1v) is 5.98. The van der Waals surface area contributed by atoms with Crippen LogP contribution in [0.1, 0.15) is 12.8 Å². The molecular weight excluding hydrogens is 218 g/mol. The zero-order chi connectivity index (χ0) is 12.4. The van der Waals surface area contributed by atoms with Crippen molar-refractivity contribution in [3.63, 3.8) is 0 Å². The first kappa shape index (κ1) is 12.1. The molecule has 0 radical (unpaired) electrons. The topological polar surface area (TPSA) is 52.7 Å². The van der Waals surface area contributed by atoms with Gasteiger partial charge in [0.25, 0.3) is 0 Å². The SMILES string of the molecule is C=C(CNC1CC1)CN1CC(=O)N(C)CC1=O. The molecule has 0 aromatic heterocycles. The Balaban J connectivity index is 1.78.